The van der Waals surface area contributed by atoms with Gasteiger partial charge in [0.2, 0.25) is 0 Å². The molecule has 2 N–H and O–H groups in total. The minimum absolute atomic E-state index is 0.421. The van der Waals surface area contributed by atoms with Gasteiger partial charge in [0.05, 0.1) is 29.8 Å². The monoisotopic (exact) mass is 256 g/mol. The van der Waals surface area contributed by atoms with E-state index in [1.807, 2.05) is 0 Å². The SMILES string of the molecule is NC(Cc1ccoc1)c1ccc(C(F)(F)F)cn1. The summed E-state index contributed by atoms with van der Waals surface area (Å²) in [5, 5.41) is 0. The van der Waals surface area contributed by atoms with E-state index in [1.54, 1.807) is 12.3 Å². The zero-order valence-electron chi connectivity index (χ0n) is 9.32. The van der Waals surface area contributed by atoms with E-state index in [0.717, 1.165) is 17.8 Å². The van der Waals surface area contributed by atoms with E-state index < -0.39 is 17.8 Å². The molecule has 0 aliphatic heterocycles. The lowest BCUT2D eigenvalue weighted by atomic mass is 10.1. The molecule has 0 radical (unpaired) electrons. The summed E-state index contributed by atoms with van der Waals surface area (Å²) in [5.41, 5.74) is 6.38. The maximum Gasteiger partial charge on any atom is 0.417 e. The number of halogens is 3. The highest BCUT2D eigenvalue weighted by Crippen LogP contribution is 2.29. The number of nitrogens with zero attached hydrogens (tertiary/aromatic N) is 1. The van der Waals surface area contributed by atoms with Gasteiger partial charge < -0.3 is 10.2 Å². The normalized spacial score (nSPS) is 13.6. The Labute approximate surface area is 101 Å². The van der Waals surface area contributed by atoms with Crippen LogP contribution in [0.5, 0.6) is 0 Å². The van der Waals surface area contributed by atoms with E-state index in [2.05, 4.69) is 4.98 Å². The zero-order valence-corrected chi connectivity index (χ0v) is 9.32. The fourth-order valence-electron chi connectivity index (χ4n) is 1.56. The summed E-state index contributed by atoms with van der Waals surface area (Å²) in [6.45, 7) is 0. The van der Waals surface area contributed by atoms with Crippen molar-refractivity contribution in [2.45, 2.75) is 18.6 Å². The Morgan fingerprint density at radius 2 is 2.06 bits per heavy atom. The standard InChI is InChI=1S/C12H11F3N2O/c13-12(14,15)9-1-2-11(17-6-9)10(16)5-8-3-4-18-7-8/h1-4,6-7,10H,5,16H2. The maximum absolute atomic E-state index is 12.3. The molecule has 0 spiro atoms. The first-order valence-electron chi connectivity index (χ1n) is 5.26. The Morgan fingerprint density at radius 3 is 2.56 bits per heavy atom. The highest BCUT2D eigenvalue weighted by molar-refractivity contribution is 5.20. The molecule has 6 heteroatoms. The van der Waals surface area contributed by atoms with Crippen LogP contribution in [0, 0.1) is 0 Å². The van der Waals surface area contributed by atoms with Crippen molar-refractivity contribution in [1.29, 1.82) is 0 Å². The summed E-state index contributed by atoms with van der Waals surface area (Å²) in [6.07, 6.45) is -0.0498. The molecule has 0 aromatic carbocycles. The van der Waals surface area contributed by atoms with Gasteiger partial charge in [0.1, 0.15) is 0 Å². The van der Waals surface area contributed by atoms with Gasteiger partial charge in [0.15, 0.2) is 0 Å². The van der Waals surface area contributed by atoms with E-state index >= 15 is 0 Å². The van der Waals surface area contributed by atoms with E-state index in [-0.39, 0.29) is 0 Å². The van der Waals surface area contributed by atoms with E-state index in [0.29, 0.717) is 12.1 Å². The average Bonchev–Trinajstić information content (AvgIpc) is 2.81. The van der Waals surface area contributed by atoms with Gasteiger partial charge in [-0.2, -0.15) is 13.2 Å². The minimum atomic E-state index is -4.37. The fourth-order valence-corrected chi connectivity index (χ4v) is 1.56. The van der Waals surface area contributed by atoms with Crippen LogP contribution in [-0.4, -0.2) is 4.98 Å². The third-order valence-corrected chi connectivity index (χ3v) is 2.53. The van der Waals surface area contributed by atoms with E-state index in [1.165, 1.54) is 12.3 Å². The van der Waals surface area contributed by atoms with Crippen molar-refractivity contribution in [2.24, 2.45) is 5.73 Å². The first kappa shape index (κ1) is 12.6. The summed E-state index contributed by atoms with van der Waals surface area (Å²) in [7, 11) is 0. The lowest BCUT2D eigenvalue weighted by Gasteiger charge is -2.11. The summed E-state index contributed by atoms with van der Waals surface area (Å²) >= 11 is 0. The van der Waals surface area contributed by atoms with Gasteiger partial charge in [-0.05, 0) is 30.2 Å². The molecular weight excluding hydrogens is 245 g/mol. The molecule has 2 heterocycles. The molecule has 0 saturated heterocycles. The number of aromatic nitrogens is 1. The first-order valence-corrected chi connectivity index (χ1v) is 5.26. The fraction of sp³-hybridized carbons (Fsp3) is 0.250. The average molecular weight is 256 g/mol. The molecule has 3 nitrogen and oxygen atoms in total. The van der Waals surface area contributed by atoms with Crippen LogP contribution in [0.2, 0.25) is 0 Å². The topological polar surface area (TPSA) is 52.0 Å². The number of rotatable bonds is 3. The lowest BCUT2D eigenvalue weighted by Crippen LogP contribution is -2.15. The van der Waals surface area contributed by atoms with Crippen molar-refractivity contribution in [3.8, 4) is 0 Å². The summed E-state index contributed by atoms with van der Waals surface area (Å²) in [4.78, 5) is 3.75. The third kappa shape index (κ3) is 2.89. The van der Waals surface area contributed by atoms with Crippen molar-refractivity contribution in [3.05, 3.63) is 53.7 Å². The predicted molar refractivity (Wildman–Crippen MR) is 58.6 cm³/mol. The number of furan rings is 1. The Balaban J connectivity index is 2.10. The highest BCUT2D eigenvalue weighted by Gasteiger charge is 2.30. The van der Waals surface area contributed by atoms with Crippen molar-refractivity contribution >= 4 is 0 Å². The molecule has 2 aromatic heterocycles. The molecule has 0 aliphatic rings. The van der Waals surface area contributed by atoms with E-state index in [4.69, 9.17) is 10.2 Å². The minimum Gasteiger partial charge on any atom is -0.472 e. The van der Waals surface area contributed by atoms with Crippen LogP contribution in [0.4, 0.5) is 13.2 Å². The Kier molecular flexibility index (Phi) is 3.38. The van der Waals surface area contributed by atoms with Gasteiger partial charge in [0.25, 0.3) is 0 Å². The van der Waals surface area contributed by atoms with Crippen molar-refractivity contribution in [1.82, 2.24) is 4.98 Å². The summed E-state index contributed by atoms with van der Waals surface area (Å²) in [5.74, 6) is 0. The molecule has 1 unspecified atom stereocenters. The predicted octanol–water partition coefficient (Wildman–Crippen LogP) is 2.94. The van der Waals surface area contributed by atoms with Gasteiger partial charge in [-0.25, -0.2) is 0 Å². The number of hydrogen-bond acceptors (Lipinski definition) is 3. The Hall–Kier alpha value is -1.82. The zero-order chi connectivity index (χ0) is 13.2. The smallest absolute Gasteiger partial charge is 0.417 e. The molecule has 0 fully saturated rings. The van der Waals surface area contributed by atoms with Crippen LogP contribution in [0.1, 0.15) is 22.9 Å². The molecule has 0 saturated carbocycles. The highest BCUT2D eigenvalue weighted by atomic mass is 19.4. The van der Waals surface area contributed by atoms with Gasteiger partial charge in [-0.15, -0.1) is 0 Å². The molecular formula is C12H11F3N2O. The van der Waals surface area contributed by atoms with Gasteiger partial charge >= 0.3 is 6.18 Å². The van der Waals surface area contributed by atoms with Crippen LogP contribution >= 0.6 is 0 Å². The molecule has 1 atom stereocenters. The van der Waals surface area contributed by atoms with Crippen molar-refractivity contribution in [3.63, 3.8) is 0 Å². The number of pyridine rings is 1. The molecule has 2 aromatic rings. The second-order valence-corrected chi connectivity index (χ2v) is 3.91. The largest absolute Gasteiger partial charge is 0.472 e. The van der Waals surface area contributed by atoms with E-state index in [9.17, 15) is 13.2 Å². The van der Waals surface area contributed by atoms with Crippen LogP contribution < -0.4 is 5.73 Å². The summed E-state index contributed by atoms with van der Waals surface area (Å²) in [6, 6.07) is 3.58. The Bertz CT molecular complexity index is 491. The number of alkyl halides is 3. The van der Waals surface area contributed by atoms with Crippen LogP contribution in [0.25, 0.3) is 0 Å². The van der Waals surface area contributed by atoms with Crippen LogP contribution in [0.3, 0.4) is 0 Å². The molecule has 0 bridgehead atoms. The maximum atomic E-state index is 12.3. The lowest BCUT2D eigenvalue weighted by molar-refractivity contribution is -0.137. The summed E-state index contributed by atoms with van der Waals surface area (Å²) < 4.78 is 41.9. The molecule has 2 rings (SSSR count). The number of hydrogen-bond donors (Lipinski definition) is 1. The quantitative estimate of drug-likeness (QED) is 0.918. The van der Waals surface area contributed by atoms with Crippen LogP contribution in [-0.2, 0) is 12.6 Å². The molecule has 96 valence electrons. The van der Waals surface area contributed by atoms with Gasteiger partial charge in [0, 0.05) is 6.20 Å². The molecule has 0 aliphatic carbocycles. The number of nitrogens with two attached hydrogens (primary N) is 1. The molecule has 0 amide bonds. The third-order valence-electron chi connectivity index (χ3n) is 2.53. The van der Waals surface area contributed by atoms with Gasteiger partial charge in [-0.3, -0.25) is 4.98 Å². The van der Waals surface area contributed by atoms with Crippen LogP contribution in [0.15, 0.2) is 41.3 Å². The van der Waals surface area contributed by atoms with Crippen molar-refractivity contribution in [2.75, 3.05) is 0 Å². The second-order valence-electron chi connectivity index (χ2n) is 3.91. The second kappa shape index (κ2) is 4.81. The molecule has 18 heavy (non-hydrogen) atoms. The van der Waals surface area contributed by atoms with Gasteiger partial charge in [-0.1, -0.05) is 0 Å². The van der Waals surface area contributed by atoms with Crippen molar-refractivity contribution < 1.29 is 17.6 Å². The Morgan fingerprint density at radius 1 is 1.28 bits per heavy atom. The first-order chi connectivity index (χ1) is 8.47.